The number of piperazine rings is 1. The molecule has 3 heteroatoms. The van der Waals surface area contributed by atoms with Gasteiger partial charge in [0.25, 0.3) is 0 Å². The highest BCUT2D eigenvalue weighted by molar-refractivity contribution is 4.83. The molecule has 2 heterocycles. The summed E-state index contributed by atoms with van der Waals surface area (Å²) in [6.45, 7) is 18.6. The Hall–Kier alpha value is -0.120. The van der Waals surface area contributed by atoms with Crippen LogP contribution in [0, 0.1) is 11.8 Å². The van der Waals surface area contributed by atoms with Crippen molar-refractivity contribution in [2.75, 3.05) is 58.9 Å². The zero-order chi connectivity index (χ0) is 12.3. The molecule has 0 radical (unpaired) electrons. The van der Waals surface area contributed by atoms with E-state index < -0.39 is 0 Å². The molecule has 0 aromatic carbocycles. The highest BCUT2D eigenvalue weighted by atomic mass is 15.3. The van der Waals surface area contributed by atoms with Crippen molar-refractivity contribution < 1.29 is 0 Å². The second kappa shape index (κ2) is 6.17. The summed E-state index contributed by atoms with van der Waals surface area (Å²) < 4.78 is 0. The molecule has 17 heavy (non-hydrogen) atoms. The molecule has 2 fully saturated rings. The first-order chi connectivity index (χ1) is 8.17. The number of hydrogen-bond donors (Lipinski definition) is 0. The van der Waals surface area contributed by atoms with Crippen LogP contribution in [-0.4, -0.2) is 73.6 Å². The van der Waals surface area contributed by atoms with Crippen LogP contribution in [0.15, 0.2) is 0 Å². The Morgan fingerprint density at radius 2 is 1.53 bits per heavy atom. The molecule has 0 atom stereocenters. The van der Waals surface area contributed by atoms with Gasteiger partial charge in [-0.1, -0.05) is 20.8 Å². The van der Waals surface area contributed by atoms with Gasteiger partial charge >= 0.3 is 0 Å². The van der Waals surface area contributed by atoms with Crippen molar-refractivity contribution in [3.05, 3.63) is 0 Å². The number of rotatable bonds is 5. The first-order valence-corrected chi connectivity index (χ1v) is 7.34. The molecule has 2 aliphatic rings. The standard InChI is InChI=1S/C14H29N3/c1-4-15-10-14(11-15)12-17-7-5-16(6-8-17)9-13(2)3/h13-14H,4-12H2,1-3H3. The molecule has 0 aromatic rings. The van der Waals surface area contributed by atoms with Crippen LogP contribution in [0.5, 0.6) is 0 Å². The average Bonchev–Trinajstić information content (AvgIpc) is 2.24. The summed E-state index contributed by atoms with van der Waals surface area (Å²) in [5.41, 5.74) is 0. The third kappa shape index (κ3) is 3.94. The SMILES string of the molecule is CCN1CC(CN2CCN(CC(C)C)CC2)C1. The zero-order valence-corrected chi connectivity index (χ0v) is 11.9. The van der Waals surface area contributed by atoms with Gasteiger partial charge in [-0.2, -0.15) is 0 Å². The Bertz CT molecular complexity index is 216. The van der Waals surface area contributed by atoms with Crippen molar-refractivity contribution in [2.24, 2.45) is 11.8 Å². The zero-order valence-electron chi connectivity index (χ0n) is 11.9. The van der Waals surface area contributed by atoms with Crippen molar-refractivity contribution in [3.63, 3.8) is 0 Å². The Morgan fingerprint density at radius 1 is 0.941 bits per heavy atom. The quantitative estimate of drug-likeness (QED) is 0.714. The lowest BCUT2D eigenvalue weighted by Crippen LogP contribution is -2.54. The Kier molecular flexibility index (Phi) is 4.83. The molecule has 2 rings (SSSR count). The van der Waals surface area contributed by atoms with Crippen LogP contribution in [0.1, 0.15) is 20.8 Å². The lowest BCUT2D eigenvalue weighted by Gasteiger charge is -2.43. The van der Waals surface area contributed by atoms with E-state index in [0.717, 1.165) is 11.8 Å². The van der Waals surface area contributed by atoms with E-state index in [1.807, 2.05) is 0 Å². The van der Waals surface area contributed by atoms with Crippen molar-refractivity contribution in [2.45, 2.75) is 20.8 Å². The van der Waals surface area contributed by atoms with Crippen molar-refractivity contribution in [3.8, 4) is 0 Å². The number of likely N-dealkylation sites (tertiary alicyclic amines) is 1. The fourth-order valence-corrected chi connectivity index (χ4v) is 3.09. The van der Waals surface area contributed by atoms with Crippen LogP contribution >= 0.6 is 0 Å². The van der Waals surface area contributed by atoms with E-state index in [1.54, 1.807) is 0 Å². The second-order valence-corrected chi connectivity index (χ2v) is 6.21. The third-order valence-electron chi connectivity index (χ3n) is 4.08. The van der Waals surface area contributed by atoms with E-state index in [2.05, 4.69) is 35.5 Å². The maximum Gasteiger partial charge on any atom is 0.0110 e. The summed E-state index contributed by atoms with van der Waals surface area (Å²) in [7, 11) is 0. The van der Waals surface area contributed by atoms with Crippen LogP contribution in [0.2, 0.25) is 0 Å². The van der Waals surface area contributed by atoms with E-state index >= 15 is 0 Å². The highest BCUT2D eigenvalue weighted by Gasteiger charge is 2.28. The van der Waals surface area contributed by atoms with Gasteiger partial charge in [-0.15, -0.1) is 0 Å². The summed E-state index contributed by atoms with van der Waals surface area (Å²) in [5, 5.41) is 0. The second-order valence-electron chi connectivity index (χ2n) is 6.21. The number of hydrogen-bond acceptors (Lipinski definition) is 3. The molecule has 0 amide bonds. The minimum absolute atomic E-state index is 0.811. The summed E-state index contributed by atoms with van der Waals surface area (Å²) in [4.78, 5) is 7.84. The molecule has 2 aliphatic heterocycles. The molecule has 0 saturated carbocycles. The molecule has 0 N–H and O–H groups in total. The Balaban J connectivity index is 1.60. The van der Waals surface area contributed by atoms with Gasteiger partial charge < -0.3 is 14.7 Å². The molecule has 0 bridgehead atoms. The van der Waals surface area contributed by atoms with Gasteiger partial charge in [-0.3, -0.25) is 0 Å². The predicted octanol–water partition coefficient (Wildman–Crippen LogP) is 1.21. The van der Waals surface area contributed by atoms with Gasteiger partial charge in [0.05, 0.1) is 0 Å². The Labute approximate surface area is 107 Å². The molecule has 0 aromatic heterocycles. The molecule has 100 valence electrons. The van der Waals surface area contributed by atoms with Gasteiger partial charge in [-0.25, -0.2) is 0 Å². The van der Waals surface area contributed by atoms with Gasteiger partial charge in [0.15, 0.2) is 0 Å². The maximum absolute atomic E-state index is 2.68. The van der Waals surface area contributed by atoms with Crippen molar-refractivity contribution in [1.29, 1.82) is 0 Å². The fraction of sp³-hybridized carbons (Fsp3) is 1.00. The van der Waals surface area contributed by atoms with Crippen LogP contribution in [0.4, 0.5) is 0 Å². The fourth-order valence-electron chi connectivity index (χ4n) is 3.09. The van der Waals surface area contributed by atoms with Gasteiger partial charge in [0.2, 0.25) is 0 Å². The molecular weight excluding hydrogens is 210 g/mol. The summed E-state index contributed by atoms with van der Waals surface area (Å²) in [6, 6.07) is 0. The van der Waals surface area contributed by atoms with Gasteiger partial charge in [0.1, 0.15) is 0 Å². The topological polar surface area (TPSA) is 9.72 Å². The smallest absolute Gasteiger partial charge is 0.0110 e. The van der Waals surface area contributed by atoms with Gasteiger partial charge in [0, 0.05) is 52.4 Å². The van der Waals surface area contributed by atoms with Crippen LogP contribution in [0.25, 0.3) is 0 Å². The Morgan fingerprint density at radius 3 is 2.06 bits per heavy atom. The van der Waals surface area contributed by atoms with E-state index in [0.29, 0.717) is 0 Å². The third-order valence-corrected chi connectivity index (χ3v) is 4.08. The number of nitrogens with zero attached hydrogens (tertiary/aromatic N) is 3. The molecular formula is C14H29N3. The maximum atomic E-state index is 2.68. The minimum atomic E-state index is 0.811. The molecule has 0 aliphatic carbocycles. The van der Waals surface area contributed by atoms with Crippen LogP contribution in [-0.2, 0) is 0 Å². The van der Waals surface area contributed by atoms with E-state index in [1.165, 1.54) is 58.9 Å². The highest BCUT2D eigenvalue weighted by Crippen LogP contribution is 2.17. The van der Waals surface area contributed by atoms with E-state index in [4.69, 9.17) is 0 Å². The summed E-state index contributed by atoms with van der Waals surface area (Å²) >= 11 is 0. The lowest BCUT2D eigenvalue weighted by atomic mass is 9.99. The van der Waals surface area contributed by atoms with Crippen molar-refractivity contribution in [1.82, 2.24) is 14.7 Å². The first kappa shape index (κ1) is 13.3. The monoisotopic (exact) mass is 239 g/mol. The predicted molar refractivity (Wildman–Crippen MR) is 73.3 cm³/mol. The van der Waals surface area contributed by atoms with E-state index in [9.17, 15) is 0 Å². The van der Waals surface area contributed by atoms with E-state index in [-0.39, 0.29) is 0 Å². The van der Waals surface area contributed by atoms with Gasteiger partial charge in [-0.05, 0) is 18.4 Å². The van der Waals surface area contributed by atoms with Crippen molar-refractivity contribution >= 4 is 0 Å². The molecule has 0 spiro atoms. The summed E-state index contributed by atoms with van der Waals surface area (Å²) in [6.07, 6.45) is 0. The molecule has 3 nitrogen and oxygen atoms in total. The van der Waals surface area contributed by atoms with Crippen LogP contribution < -0.4 is 0 Å². The first-order valence-electron chi connectivity index (χ1n) is 7.34. The largest absolute Gasteiger partial charge is 0.303 e. The normalized spacial score (nSPS) is 25.4. The lowest BCUT2D eigenvalue weighted by molar-refractivity contribution is 0.0480. The average molecular weight is 239 g/mol. The minimum Gasteiger partial charge on any atom is -0.303 e. The summed E-state index contributed by atoms with van der Waals surface area (Å²) in [5.74, 6) is 1.76. The van der Waals surface area contributed by atoms with Crippen LogP contribution in [0.3, 0.4) is 0 Å². The molecule has 2 saturated heterocycles. The molecule has 0 unspecified atom stereocenters.